The summed E-state index contributed by atoms with van der Waals surface area (Å²) in [5.74, 6) is -1.60. The Morgan fingerprint density at radius 3 is 1.86 bits per heavy atom. The molecule has 58 heavy (non-hydrogen) atoms. The first-order valence-corrected chi connectivity index (χ1v) is 19.4. The van der Waals surface area contributed by atoms with E-state index < -0.39 is 41.6 Å². The normalized spacial score (nSPS) is 12.7. The van der Waals surface area contributed by atoms with Gasteiger partial charge in [0.05, 0.1) is 12.2 Å². The molecular weight excluding hydrogens is 746 g/mol. The monoisotopic (exact) mass is 794 g/mol. The lowest BCUT2D eigenvalue weighted by Gasteiger charge is -2.23. The van der Waals surface area contributed by atoms with Gasteiger partial charge in [0.2, 0.25) is 5.91 Å². The van der Waals surface area contributed by atoms with Crippen LogP contribution in [0.1, 0.15) is 98.5 Å². The third-order valence-electron chi connectivity index (χ3n) is 9.75. The lowest BCUT2D eigenvalue weighted by Crippen LogP contribution is -2.50. The fourth-order valence-electron chi connectivity index (χ4n) is 6.26. The van der Waals surface area contributed by atoms with Gasteiger partial charge in [0.15, 0.2) is 11.9 Å². The molecule has 0 saturated carbocycles. The Kier molecular flexibility index (Phi) is 14.4. The fraction of sp³-hybridized carbons (Fsp3) is 0.326. The predicted molar refractivity (Wildman–Crippen MR) is 217 cm³/mol. The molecule has 5 aromatic rings. The molecule has 0 fully saturated rings. The van der Waals surface area contributed by atoms with Gasteiger partial charge in [-0.1, -0.05) is 114 Å². The second-order valence-electron chi connectivity index (χ2n) is 15.2. The molecule has 2 amide bonds. The number of carboxylic acid groups (broad SMARTS) is 1. The molecule has 5 rings (SSSR count). The van der Waals surface area contributed by atoms with Crippen LogP contribution in [0, 0.1) is 0 Å². The van der Waals surface area contributed by atoms with Gasteiger partial charge in [0.25, 0.3) is 5.91 Å². The van der Waals surface area contributed by atoms with Gasteiger partial charge in [-0.25, -0.2) is 14.8 Å². The molecule has 0 bridgehead atoms. The molecule has 0 aliphatic carbocycles. The highest BCUT2D eigenvalue weighted by Crippen LogP contribution is 2.30. The molecule has 1 heterocycles. The molecule has 1 aromatic heterocycles. The third-order valence-corrected chi connectivity index (χ3v) is 9.75. The van der Waals surface area contributed by atoms with Crippen molar-refractivity contribution in [2.45, 2.75) is 89.9 Å². The highest BCUT2D eigenvalue weighted by molar-refractivity contribution is 5.98. The van der Waals surface area contributed by atoms with Gasteiger partial charge >= 0.3 is 12.1 Å². The molecule has 0 aliphatic rings. The molecule has 0 radical (unpaired) electrons. The van der Waals surface area contributed by atoms with Crippen molar-refractivity contribution in [1.82, 2.24) is 20.6 Å². The number of hydrogen-bond acceptors (Lipinski definition) is 6. The van der Waals surface area contributed by atoms with Crippen molar-refractivity contribution in [3.8, 4) is 28.3 Å². The Balaban J connectivity index is 1.29. The summed E-state index contributed by atoms with van der Waals surface area (Å²) in [4.78, 5) is 48.6. The average molecular weight is 795 g/mol. The zero-order valence-corrected chi connectivity index (χ0v) is 33.1. The van der Waals surface area contributed by atoms with Crippen LogP contribution >= 0.6 is 0 Å². The SMILES string of the molecule is CCCCCCCOc1ccc(-c2cnc(-c3ccc(C[C@H](NC(=O)c4ccc(C(C)(C)C)cc4)C(=O)NC(C(=O)O)c4ccc(C(F)(F)F)cc4)cc3)nc2)cc1. The quantitative estimate of drug-likeness (QED) is 0.0800. The van der Waals surface area contributed by atoms with Crippen LogP contribution < -0.4 is 15.4 Å². The highest BCUT2D eigenvalue weighted by atomic mass is 19.4. The number of aromatic nitrogens is 2. The standard InChI is InChI=1S/C46H49F3N4O5/c1-5-6-7-8-9-26-58-38-24-18-31(19-25-38)35-28-50-41(51-29-35)33-12-10-30(11-13-33)27-39(52-42(54)34-16-20-36(21-17-34)45(2,3)4)43(55)53-40(44(56)57)32-14-22-37(23-15-32)46(47,48)49/h10-25,28-29,39-40H,5-9,26-27H2,1-4H3,(H,52,54)(H,53,55)(H,56,57)/t39-,40?/m0/s1. The Bertz CT molecular complexity index is 2110. The molecule has 3 N–H and O–H groups in total. The number of ether oxygens (including phenoxy) is 1. The number of benzene rings is 4. The van der Waals surface area contributed by atoms with E-state index in [1.165, 1.54) is 19.3 Å². The Hall–Kier alpha value is -6.04. The van der Waals surface area contributed by atoms with E-state index in [1.807, 2.05) is 57.2 Å². The maximum absolute atomic E-state index is 13.8. The van der Waals surface area contributed by atoms with Crippen LogP contribution in [-0.2, 0) is 27.6 Å². The number of halogens is 3. The van der Waals surface area contributed by atoms with E-state index in [2.05, 4.69) is 27.5 Å². The van der Waals surface area contributed by atoms with Crippen molar-refractivity contribution in [2.75, 3.05) is 6.61 Å². The van der Waals surface area contributed by atoms with Crippen molar-refractivity contribution in [3.63, 3.8) is 0 Å². The Labute approximate surface area is 337 Å². The number of aliphatic carboxylic acids is 1. The summed E-state index contributed by atoms with van der Waals surface area (Å²) < 4.78 is 45.4. The lowest BCUT2D eigenvalue weighted by atomic mass is 9.86. The number of nitrogens with zero attached hydrogens (tertiary/aromatic N) is 2. The zero-order valence-electron chi connectivity index (χ0n) is 33.1. The third kappa shape index (κ3) is 12.0. The Morgan fingerprint density at radius 2 is 1.29 bits per heavy atom. The van der Waals surface area contributed by atoms with Crippen LogP contribution in [0.15, 0.2) is 109 Å². The lowest BCUT2D eigenvalue weighted by molar-refractivity contribution is -0.142. The van der Waals surface area contributed by atoms with Crippen molar-refractivity contribution in [1.29, 1.82) is 0 Å². The number of alkyl halides is 3. The van der Waals surface area contributed by atoms with E-state index in [0.717, 1.165) is 59.5 Å². The van der Waals surface area contributed by atoms with E-state index in [1.54, 1.807) is 48.8 Å². The van der Waals surface area contributed by atoms with Crippen LogP contribution in [0.25, 0.3) is 22.5 Å². The van der Waals surface area contributed by atoms with Crippen molar-refractivity contribution in [3.05, 3.63) is 137 Å². The number of carbonyl (C=O) groups excluding carboxylic acids is 2. The Morgan fingerprint density at radius 1 is 0.707 bits per heavy atom. The van der Waals surface area contributed by atoms with Crippen molar-refractivity contribution < 1.29 is 37.4 Å². The van der Waals surface area contributed by atoms with Gasteiger partial charge in [-0.2, -0.15) is 13.2 Å². The minimum absolute atomic E-state index is 0.0321. The fourth-order valence-corrected chi connectivity index (χ4v) is 6.26. The molecule has 9 nitrogen and oxygen atoms in total. The van der Waals surface area contributed by atoms with Crippen LogP contribution in [-0.4, -0.2) is 45.5 Å². The molecule has 12 heteroatoms. The maximum Gasteiger partial charge on any atom is 0.416 e. The largest absolute Gasteiger partial charge is 0.494 e. The zero-order chi connectivity index (χ0) is 41.9. The molecule has 0 saturated heterocycles. The molecule has 1 unspecified atom stereocenters. The van der Waals surface area contributed by atoms with Gasteiger partial charge in [-0.3, -0.25) is 9.59 Å². The second kappa shape index (κ2) is 19.4. The van der Waals surface area contributed by atoms with Crippen LogP contribution in [0.4, 0.5) is 13.2 Å². The second-order valence-corrected chi connectivity index (χ2v) is 15.2. The van der Waals surface area contributed by atoms with E-state index in [-0.39, 0.29) is 23.0 Å². The first-order valence-electron chi connectivity index (χ1n) is 19.4. The first-order chi connectivity index (χ1) is 27.6. The maximum atomic E-state index is 13.8. The van der Waals surface area contributed by atoms with Crippen LogP contribution in [0.3, 0.4) is 0 Å². The van der Waals surface area contributed by atoms with E-state index in [0.29, 0.717) is 23.6 Å². The number of hydrogen-bond donors (Lipinski definition) is 3. The summed E-state index contributed by atoms with van der Waals surface area (Å²) in [6, 6.07) is 22.4. The van der Waals surface area contributed by atoms with E-state index in [4.69, 9.17) is 4.74 Å². The molecule has 2 atom stereocenters. The van der Waals surface area contributed by atoms with Crippen LogP contribution in [0.2, 0.25) is 0 Å². The van der Waals surface area contributed by atoms with Gasteiger partial charge in [0, 0.05) is 35.5 Å². The van der Waals surface area contributed by atoms with Gasteiger partial charge < -0.3 is 20.5 Å². The smallest absolute Gasteiger partial charge is 0.416 e. The molecule has 304 valence electrons. The molecule has 0 spiro atoms. The van der Waals surface area contributed by atoms with Crippen molar-refractivity contribution >= 4 is 17.8 Å². The minimum atomic E-state index is -4.62. The topological polar surface area (TPSA) is 131 Å². The number of carbonyl (C=O) groups is 3. The summed E-state index contributed by atoms with van der Waals surface area (Å²) >= 11 is 0. The van der Waals surface area contributed by atoms with Crippen molar-refractivity contribution in [2.24, 2.45) is 0 Å². The number of amides is 2. The van der Waals surface area contributed by atoms with Gasteiger partial charge in [-0.15, -0.1) is 0 Å². The number of nitrogens with one attached hydrogen (secondary N) is 2. The summed E-state index contributed by atoms with van der Waals surface area (Å²) in [5, 5.41) is 15.1. The average Bonchev–Trinajstić information content (AvgIpc) is 3.21. The summed E-state index contributed by atoms with van der Waals surface area (Å²) in [7, 11) is 0. The number of unbranched alkanes of at least 4 members (excludes halogenated alkanes) is 4. The number of rotatable bonds is 17. The van der Waals surface area contributed by atoms with E-state index >= 15 is 0 Å². The summed E-state index contributed by atoms with van der Waals surface area (Å²) in [6.07, 6.45) is 4.68. The highest BCUT2D eigenvalue weighted by Gasteiger charge is 2.32. The van der Waals surface area contributed by atoms with Gasteiger partial charge in [-0.05, 0) is 70.5 Å². The summed E-state index contributed by atoms with van der Waals surface area (Å²) in [6.45, 7) is 9.00. The first kappa shape index (κ1) is 43.1. The van der Waals surface area contributed by atoms with Gasteiger partial charge in [0.1, 0.15) is 11.8 Å². The van der Waals surface area contributed by atoms with Crippen LogP contribution in [0.5, 0.6) is 5.75 Å². The molecule has 0 aliphatic heterocycles. The molecular formula is C46H49F3N4O5. The number of carboxylic acids is 1. The molecule has 4 aromatic carbocycles. The minimum Gasteiger partial charge on any atom is -0.494 e. The summed E-state index contributed by atoms with van der Waals surface area (Å²) in [5.41, 5.74) is 3.22. The predicted octanol–water partition coefficient (Wildman–Crippen LogP) is 9.76. The van der Waals surface area contributed by atoms with E-state index in [9.17, 15) is 32.7 Å².